The molecule has 28 heavy (non-hydrogen) atoms. The predicted molar refractivity (Wildman–Crippen MR) is 113 cm³/mol. The van der Waals surface area contributed by atoms with Crippen LogP contribution in [0.1, 0.15) is 6.92 Å². The number of anilines is 1. The van der Waals surface area contributed by atoms with Crippen LogP contribution in [-0.4, -0.2) is 23.7 Å². The average Bonchev–Trinajstić information content (AvgIpc) is 2.73. The standard InChI is InChI=1S/C23H21NO3S/c1-17(28-19-12-6-3-7-13-19)23(26)27-16-22(25)24-21-15-9-8-14-20(21)18-10-4-2-5-11-18/h2-15,17H,16H2,1H3,(H,24,25)/t17-/m1/s1. The Kier molecular flexibility index (Phi) is 6.87. The van der Waals surface area contributed by atoms with E-state index in [2.05, 4.69) is 5.32 Å². The van der Waals surface area contributed by atoms with Gasteiger partial charge in [0.25, 0.3) is 5.91 Å². The van der Waals surface area contributed by atoms with E-state index in [0.717, 1.165) is 16.0 Å². The number of carbonyl (C=O) groups excluding carboxylic acids is 2. The Labute approximate surface area is 168 Å². The van der Waals surface area contributed by atoms with Crippen molar-refractivity contribution in [3.63, 3.8) is 0 Å². The van der Waals surface area contributed by atoms with Crippen LogP contribution in [0.2, 0.25) is 0 Å². The Morgan fingerprint density at radius 2 is 1.50 bits per heavy atom. The van der Waals surface area contributed by atoms with E-state index in [9.17, 15) is 9.59 Å². The molecule has 0 radical (unpaired) electrons. The number of amides is 1. The van der Waals surface area contributed by atoms with E-state index >= 15 is 0 Å². The fourth-order valence-corrected chi connectivity index (χ4v) is 3.54. The molecule has 5 heteroatoms. The SMILES string of the molecule is C[C@@H](Sc1ccccc1)C(=O)OCC(=O)Nc1ccccc1-c1ccccc1. The molecule has 3 rings (SSSR count). The summed E-state index contributed by atoms with van der Waals surface area (Å²) in [7, 11) is 0. The van der Waals surface area contributed by atoms with Gasteiger partial charge in [0, 0.05) is 16.1 Å². The molecule has 0 fully saturated rings. The van der Waals surface area contributed by atoms with Crippen LogP contribution in [0, 0.1) is 0 Å². The number of para-hydroxylation sites is 1. The van der Waals surface area contributed by atoms with Gasteiger partial charge in [-0.25, -0.2) is 0 Å². The highest BCUT2D eigenvalue weighted by Crippen LogP contribution is 2.27. The molecule has 0 aromatic heterocycles. The van der Waals surface area contributed by atoms with Gasteiger partial charge in [0.2, 0.25) is 0 Å². The molecule has 4 nitrogen and oxygen atoms in total. The van der Waals surface area contributed by atoms with Crippen molar-refractivity contribution in [1.82, 2.24) is 0 Å². The maximum Gasteiger partial charge on any atom is 0.319 e. The molecule has 1 atom stereocenters. The van der Waals surface area contributed by atoms with E-state index in [1.54, 1.807) is 6.92 Å². The van der Waals surface area contributed by atoms with Gasteiger partial charge in [-0.3, -0.25) is 9.59 Å². The quantitative estimate of drug-likeness (QED) is 0.454. The highest BCUT2D eigenvalue weighted by molar-refractivity contribution is 8.00. The summed E-state index contributed by atoms with van der Waals surface area (Å²) in [5, 5.41) is 2.43. The zero-order valence-corrected chi connectivity index (χ0v) is 16.3. The van der Waals surface area contributed by atoms with Gasteiger partial charge in [-0.2, -0.15) is 0 Å². The number of hydrogen-bond donors (Lipinski definition) is 1. The van der Waals surface area contributed by atoms with Crippen LogP contribution in [0.5, 0.6) is 0 Å². The van der Waals surface area contributed by atoms with Crippen molar-refractivity contribution in [1.29, 1.82) is 0 Å². The molecule has 3 aromatic carbocycles. The summed E-state index contributed by atoms with van der Waals surface area (Å²) in [6, 6.07) is 26.9. The molecule has 0 aliphatic heterocycles. The van der Waals surface area contributed by atoms with Gasteiger partial charge in [0.15, 0.2) is 6.61 Å². The lowest BCUT2D eigenvalue weighted by atomic mass is 10.0. The van der Waals surface area contributed by atoms with Gasteiger partial charge >= 0.3 is 5.97 Å². The third-order valence-corrected chi connectivity index (χ3v) is 5.11. The second kappa shape index (κ2) is 9.76. The number of carbonyl (C=O) groups is 2. The molecule has 0 spiro atoms. The molecule has 0 unspecified atom stereocenters. The van der Waals surface area contributed by atoms with Crippen molar-refractivity contribution < 1.29 is 14.3 Å². The summed E-state index contributed by atoms with van der Waals surface area (Å²) < 4.78 is 5.18. The summed E-state index contributed by atoms with van der Waals surface area (Å²) in [4.78, 5) is 25.4. The van der Waals surface area contributed by atoms with Crippen LogP contribution in [0.4, 0.5) is 5.69 Å². The van der Waals surface area contributed by atoms with Gasteiger partial charge in [-0.1, -0.05) is 66.7 Å². The molecule has 0 aliphatic rings. The maximum atomic E-state index is 12.3. The molecule has 0 bridgehead atoms. The molecule has 0 saturated heterocycles. The number of rotatable bonds is 7. The lowest BCUT2D eigenvalue weighted by Crippen LogP contribution is -2.25. The van der Waals surface area contributed by atoms with Crippen molar-refractivity contribution in [3.05, 3.63) is 84.9 Å². The first-order valence-electron chi connectivity index (χ1n) is 8.96. The lowest BCUT2D eigenvalue weighted by molar-refractivity contribution is -0.146. The highest BCUT2D eigenvalue weighted by atomic mass is 32.2. The normalized spacial score (nSPS) is 11.5. The minimum atomic E-state index is -0.416. The zero-order valence-electron chi connectivity index (χ0n) is 15.5. The first-order valence-corrected chi connectivity index (χ1v) is 9.84. The number of nitrogens with one attached hydrogen (secondary N) is 1. The number of thioether (sulfide) groups is 1. The fraction of sp³-hybridized carbons (Fsp3) is 0.130. The van der Waals surface area contributed by atoms with Crippen molar-refractivity contribution in [2.24, 2.45) is 0 Å². The predicted octanol–water partition coefficient (Wildman–Crippen LogP) is 5.02. The van der Waals surface area contributed by atoms with Crippen molar-refractivity contribution >= 4 is 29.3 Å². The van der Waals surface area contributed by atoms with Crippen LogP contribution >= 0.6 is 11.8 Å². The first kappa shape index (κ1) is 19.7. The van der Waals surface area contributed by atoms with Crippen LogP contribution in [0.15, 0.2) is 89.8 Å². The zero-order chi connectivity index (χ0) is 19.8. The summed E-state index contributed by atoms with van der Waals surface area (Å²) in [6.07, 6.45) is 0. The number of benzene rings is 3. The lowest BCUT2D eigenvalue weighted by Gasteiger charge is -2.13. The molecule has 0 saturated carbocycles. The molecular formula is C23H21NO3S. The second-order valence-electron chi connectivity index (χ2n) is 6.14. The minimum Gasteiger partial charge on any atom is -0.455 e. The third kappa shape index (κ3) is 5.47. The molecule has 0 heterocycles. The third-order valence-electron chi connectivity index (χ3n) is 4.02. The maximum absolute atomic E-state index is 12.3. The van der Waals surface area contributed by atoms with E-state index in [-0.39, 0.29) is 12.5 Å². The van der Waals surface area contributed by atoms with E-state index in [1.807, 2.05) is 84.9 Å². The molecule has 3 aromatic rings. The van der Waals surface area contributed by atoms with Crippen molar-refractivity contribution in [2.45, 2.75) is 17.1 Å². The molecule has 1 amide bonds. The van der Waals surface area contributed by atoms with Gasteiger partial charge < -0.3 is 10.1 Å². The Morgan fingerprint density at radius 3 is 2.21 bits per heavy atom. The molecule has 0 aliphatic carbocycles. The molecule has 1 N–H and O–H groups in total. The Bertz CT molecular complexity index is 929. The number of esters is 1. The molecule has 142 valence electrons. The largest absolute Gasteiger partial charge is 0.455 e. The summed E-state index contributed by atoms with van der Waals surface area (Å²) in [5.74, 6) is -0.783. The second-order valence-corrected chi connectivity index (χ2v) is 7.55. The van der Waals surface area contributed by atoms with Gasteiger partial charge in [-0.15, -0.1) is 11.8 Å². The smallest absolute Gasteiger partial charge is 0.319 e. The number of hydrogen-bond acceptors (Lipinski definition) is 4. The summed E-state index contributed by atoms with van der Waals surface area (Å²) in [6.45, 7) is 1.45. The summed E-state index contributed by atoms with van der Waals surface area (Å²) in [5.41, 5.74) is 2.60. The van der Waals surface area contributed by atoms with Crippen molar-refractivity contribution in [2.75, 3.05) is 11.9 Å². The van der Waals surface area contributed by atoms with Gasteiger partial charge in [0.1, 0.15) is 5.25 Å². The topological polar surface area (TPSA) is 55.4 Å². The Hall–Kier alpha value is -3.05. The Morgan fingerprint density at radius 1 is 0.893 bits per heavy atom. The van der Waals surface area contributed by atoms with E-state index in [0.29, 0.717) is 5.69 Å². The van der Waals surface area contributed by atoms with Crippen LogP contribution in [0.3, 0.4) is 0 Å². The van der Waals surface area contributed by atoms with Crippen molar-refractivity contribution in [3.8, 4) is 11.1 Å². The van der Waals surface area contributed by atoms with Crippen LogP contribution in [-0.2, 0) is 14.3 Å². The van der Waals surface area contributed by atoms with E-state index in [4.69, 9.17) is 4.74 Å². The van der Waals surface area contributed by atoms with Gasteiger partial charge in [0.05, 0.1) is 0 Å². The number of ether oxygens (including phenoxy) is 1. The minimum absolute atomic E-state index is 0.318. The molecular weight excluding hydrogens is 370 g/mol. The van der Waals surface area contributed by atoms with Crippen LogP contribution in [0.25, 0.3) is 11.1 Å². The van der Waals surface area contributed by atoms with E-state index in [1.165, 1.54) is 11.8 Å². The highest BCUT2D eigenvalue weighted by Gasteiger charge is 2.17. The summed E-state index contributed by atoms with van der Waals surface area (Å²) >= 11 is 1.40. The van der Waals surface area contributed by atoms with E-state index < -0.39 is 11.2 Å². The fourth-order valence-electron chi connectivity index (χ4n) is 2.65. The monoisotopic (exact) mass is 391 g/mol. The van der Waals surface area contributed by atoms with Gasteiger partial charge in [-0.05, 0) is 30.7 Å². The Balaban J connectivity index is 1.56. The average molecular weight is 391 g/mol. The first-order chi connectivity index (χ1) is 13.6. The van der Waals surface area contributed by atoms with Crippen LogP contribution < -0.4 is 5.32 Å².